The zero-order chi connectivity index (χ0) is 30.7. The first-order valence-corrected chi connectivity index (χ1v) is 15.8. The Morgan fingerprint density at radius 1 is 0.455 bits per heavy atom. The number of hydrogen-bond acceptors (Lipinski definition) is 2. The zero-order valence-electron chi connectivity index (χ0n) is 24.0. The van der Waals surface area contributed by atoms with Gasteiger partial charge in [0, 0.05) is 26.2 Å². The van der Waals surface area contributed by atoms with E-state index in [4.69, 9.17) is 47.6 Å². The summed E-state index contributed by atoms with van der Waals surface area (Å²) in [6.45, 7) is 2.55. The van der Waals surface area contributed by atoms with Crippen LogP contribution in [-0.4, -0.2) is 20.0 Å². The summed E-state index contributed by atoms with van der Waals surface area (Å²) in [6.07, 6.45) is 0. The molecule has 2 N–H and O–H groups in total. The molecule has 0 heterocycles. The third-order valence-electron chi connectivity index (χ3n) is 6.98. The highest BCUT2D eigenvalue weighted by Crippen LogP contribution is 2.33. The van der Waals surface area contributed by atoms with Crippen LogP contribution in [-0.2, 0) is 26.2 Å². The maximum atomic E-state index is 6.80. The van der Waals surface area contributed by atoms with Crippen molar-refractivity contribution in [1.82, 2.24) is 9.80 Å². The Balaban J connectivity index is 1.32. The molecule has 44 heavy (non-hydrogen) atoms. The molecule has 0 radical (unpaired) electrons. The van der Waals surface area contributed by atoms with Crippen molar-refractivity contribution in [1.29, 1.82) is 0 Å². The lowest BCUT2D eigenvalue weighted by molar-refractivity contribution is 0.413. The van der Waals surface area contributed by atoms with E-state index in [1.54, 1.807) is 12.1 Å². The smallest absolute Gasteiger partial charge is 0.174 e. The molecule has 0 aliphatic heterocycles. The molecule has 0 saturated carbocycles. The molecule has 5 rings (SSSR count). The second kappa shape index (κ2) is 15.7. The van der Waals surface area contributed by atoms with Gasteiger partial charge in [0.2, 0.25) is 0 Å². The topological polar surface area (TPSA) is 30.5 Å². The van der Waals surface area contributed by atoms with Crippen molar-refractivity contribution in [3.63, 3.8) is 0 Å². The van der Waals surface area contributed by atoms with E-state index in [9.17, 15) is 0 Å². The Kier molecular flexibility index (Phi) is 11.2. The molecule has 0 atom stereocenters. The molecule has 8 heteroatoms. The summed E-state index contributed by atoms with van der Waals surface area (Å²) >= 11 is 25.4. The number of thiocarbonyl (C=S) groups is 2. The van der Waals surface area contributed by atoms with Crippen molar-refractivity contribution < 1.29 is 0 Å². The molecular weight excluding hydrogens is 623 g/mol. The first-order chi connectivity index (χ1) is 21.4. The van der Waals surface area contributed by atoms with E-state index in [0.29, 0.717) is 57.8 Å². The number of rotatable bonds is 10. The summed E-state index contributed by atoms with van der Waals surface area (Å²) in [7, 11) is 0. The van der Waals surface area contributed by atoms with Crippen molar-refractivity contribution in [2.75, 3.05) is 10.6 Å². The van der Waals surface area contributed by atoms with Crippen molar-refractivity contribution >= 4 is 69.2 Å². The van der Waals surface area contributed by atoms with E-state index in [1.165, 1.54) is 0 Å². The van der Waals surface area contributed by atoms with Crippen LogP contribution in [0.1, 0.15) is 22.3 Å². The van der Waals surface area contributed by atoms with Gasteiger partial charge >= 0.3 is 0 Å². The molecule has 0 unspecified atom stereocenters. The van der Waals surface area contributed by atoms with Gasteiger partial charge in [0.05, 0.1) is 21.4 Å². The van der Waals surface area contributed by atoms with Gasteiger partial charge in [0.25, 0.3) is 0 Å². The van der Waals surface area contributed by atoms with Crippen molar-refractivity contribution in [2.45, 2.75) is 26.2 Å². The average molecular weight is 656 g/mol. The predicted octanol–water partition coefficient (Wildman–Crippen LogP) is 9.79. The molecule has 5 aromatic carbocycles. The van der Waals surface area contributed by atoms with E-state index in [1.807, 2.05) is 72.8 Å². The molecule has 0 amide bonds. The first kappa shape index (κ1) is 31.5. The number of anilines is 2. The van der Waals surface area contributed by atoms with Crippen LogP contribution < -0.4 is 10.6 Å². The van der Waals surface area contributed by atoms with Crippen LogP contribution in [0.15, 0.2) is 133 Å². The highest BCUT2D eigenvalue weighted by Gasteiger charge is 2.17. The minimum atomic E-state index is 0.471. The van der Waals surface area contributed by atoms with E-state index < -0.39 is 0 Å². The van der Waals surface area contributed by atoms with Gasteiger partial charge in [-0.25, -0.2) is 0 Å². The molecule has 0 aromatic heterocycles. The monoisotopic (exact) mass is 654 g/mol. The van der Waals surface area contributed by atoms with Crippen LogP contribution in [0.2, 0.25) is 10.0 Å². The largest absolute Gasteiger partial charge is 0.340 e. The fourth-order valence-corrected chi connectivity index (χ4v) is 5.64. The number of hydrogen-bond donors (Lipinski definition) is 2. The van der Waals surface area contributed by atoms with Crippen molar-refractivity contribution in [3.05, 3.63) is 166 Å². The van der Waals surface area contributed by atoms with E-state index >= 15 is 0 Å². The van der Waals surface area contributed by atoms with Crippen LogP contribution >= 0.6 is 47.6 Å². The predicted molar refractivity (Wildman–Crippen MR) is 193 cm³/mol. The highest BCUT2D eigenvalue weighted by atomic mass is 35.5. The quantitative estimate of drug-likeness (QED) is 0.146. The van der Waals surface area contributed by atoms with Crippen LogP contribution in [0.5, 0.6) is 0 Å². The third kappa shape index (κ3) is 9.04. The fourth-order valence-electron chi connectivity index (χ4n) is 4.74. The molecule has 0 bridgehead atoms. The van der Waals surface area contributed by atoms with Gasteiger partial charge in [-0.15, -0.1) is 0 Å². The summed E-state index contributed by atoms with van der Waals surface area (Å²) < 4.78 is 0. The van der Waals surface area contributed by atoms with Gasteiger partial charge in [0.15, 0.2) is 10.2 Å². The molecular formula is C36H32Cl2N4S2. The Hall–Kier alpha value is -3.94. The summed E-state index contributed by atoms with van der Waals surface area (Å²) in [5.41, 5.74) is 5.85. The third-order valence-corrected chi connectivity index (χ3v) is 8.33. The van der Waals surface area contributed by atoms with Gasteiger partial charge in [-0.3, -0.25) is 0 Å². The number of benzene rings is 5. The number of halogens is 2. The van der Waals surface area contributed by atoms with Crippen molar-refractivity contribution in [2.24, 2.45) is 0 Å². The SMILES string of the molecule is S=C(Nc1cc(Cl)c(NC(=S)N(Cc2ccccc2)Cc2ccccc2)cc1Cl)N(Cc1ccccc1)Cc1ccccc1. The molecule has 4 nitrogen and oxygen atoms in total. The summed E-state index contributed by atoms with van der Waals surface area (Å²) in [6, 6.07) is 44.5. The van der Waals surface area contributed by atoms with Crippen LogP contribution in [0.25, 0.3) is 0 Å². The first-order valence-electron chi connectivity index (χ1n) is 14.2. The lowest BCUT2D eigenvalue weighted by Crippen LogP contribution is -2.34. The zero-order valence-corrected chi connectivity index (χ0v) is 27.1. The summed E-state index contributed by atoms with van der Waals surface area (Å²) in [5, 5.41) is 8.69. The Morgan fingerprint density at radius 3 is 0.955 bits per heavy atom. The molecule has 0 aliphatic carbocycles. The van der Waals surface area contributed by atoms with Crippen LogP contribution in [0.3, 0.4) is 0 Å². The maximum absolute atomic E-state index is 6.80. The minimum Gasteiger partial charge on any atom is -0.340 e. The number of nitrogens with one attached hydrogen (secondary N) is 2. The molecule has 0 aliphatic rings. The lowest BCUT2D eigenvalue weighted by Gasteiger charge is -2.28. The van der Waals surface area contributed by atoms with E-state index in [0.717, 1.165) is 22.3 Å². The molecule has 0 spiro atoms. The fraction of sp³-hybridized carbons (Fsp3) is 0.111. The van der Waals surface area contributed by atoms with Gasteiger partial charge in [-0.2, -0.15) is 0 Å². The normalized spacial score (nSPS) is 10.6. The summed E-state index contributed by atoms with van der Waals surface area (Å²) in [5.74, 6) is 0. The maximum Gasteiger partial charge on any atom is 0.174 e. The second-order valence-electron chi connectivity index (χ2n) is 10.3. The molecule has 0 saturated heterocycles. The summed E-state index contributed by atoms with van der Waals surface area (Å²) in [4.78, 5) is 4.22. The van der Waals surface area contributed by atoms with Crippen molar-refractivity contribution in [3.8, 4) is 0 Å². The second-order valence-corrected chi connectivity index (χ2v) is 11.9. The Morgan fingerprint density at radius 2 is 0.705 bits per heavy atom. The van der Waals surface area contributed by atoms with Crippen LogP contribution in [0, 0.1) is 0 Å². The van der Waals surface area contributed by atoms with Crippen LogP contribution in [0.4, 0.5) is 11.4 Å². The van der Waals surface area contributed by atoms with E-state index in [-0.39, 0.29) is 0 Å². The van der Waals surface area contributed by atoms with Gasteiger partial charge in [0.1, 0.15) is 0 Å². The van der Waals surface area contributed by atoms with Gasteiger partial charge in [-0.05, 0) is 58.8 Å². The standard InChI is InChI=1S/C36H32Cl2N4S2/c37-31-22-34(40-36(44)42(25-29-17-9-3-10-18-29)26-30-19-11-4-12-20-30)32(38)21-33(31)39-35(43)41(23-27-13-5-1-6-14-27)24-28-15-7-2-8-16-28/h1-22H,23-26H2,(H,39,43)(H,40,44). The highest BCUT2D eigenvalue weighted by molar-refractivity contribution is 7.80. The minimum absolute atomic E-state index is 0.471. The van der Waals surface area contributed by atoms with Gasteiger partial charge in [-0.1, -0.05) is 145 Å². The molecule has 222 valence electrons. The van der Waals surface area contributed by atoms with Gasteiger partial charge < -0.3 is 20.4 Å². The average Bonchev–Trinajstić information content (AvgIpc) is 3.04. The van der Waals surface area contributed by atoms with E-state index in [2.05, 4.69) is 69.0 Å². The Labute approximate surface area is 280 Å². The lowest BCUT2D eigenvalue weighted by atomic mass is 10.2. The number of nitrogens with zero attached hydrogens (tertiary/aromatic N) is 2. The molecule has 5 aromatic rings. The Bertz CT molecular complexity index is 1460. The molecule has 0 fully saturated rings.